The number of nitrogens with one attached hydrogen (secondary N) is 1. The van der Waals surface area contributed by atoms with Crippen LogP contribution in [0.5, 0.6) is 11.6 Å². The second-order valence-electron chi connectivity index (χ2n) is 5.78. The first-order valence-electron chi connectivity index (χ1n) is 8.16. The topological polar surface area (TPSA) is 113 Å². The minimum absolute atomic E-state index is 0.0661. The number of anilines is 1. The lowest BCUT2D eigenvalue weighted by Crippen LogP contribution is -2.28. The zero-order valence-electron chi connectivity index (χ0n) is 14.9. The molecule has 1 N–H and O–H groups in total. The quantitative estimate of drug-likeness (QED) is 0.613. The Kier molecular flexibility index (Phi) is 6.76. The first-order chi connectivity index (χ1) is 12.5. The van der Waals surface area contributed by atoms with E-state index in [0.717, 1.165) is 7.11 Å². The molecule has 0 spiro atoms. The summed E-state index contributed by atoms with van der Waals surface area (Å²) in [7, 11) is 3.93. The summed E-state index contributed by atoms with van der Waals surface area (Å²) in [5.41, 5.74) is 0.227. The van der Waals surface area contributed by atoms with E-state index in [9.17, 15) is 14.4 Å². The number of methoxy groups -OCH3 is 3. The number of hydrogen-bond donors (Lipinski definition) is 1. The number of esters is 2. The maximum Gasteiger partial charge on any atom is 0.396 e. The number of carbonyl (C=O) groups excluding carboxylic acids is 3. The fraction of sp³-hybridized carbons (Fsp3) is 0.529. The molecule has 1 amide bonds. The summed E-state index contributed by atoms with van der Waals surface area (Å²) in [6.07, 6.45) is 4.09. The van der Waals surface area contributed by atoms with Gasteiger partial charge in [0.15, 0.2) is 0 Å². The van der Waals surface area contributed by atoms with Crippen LogP contribution in [0.15, 0.2) is 12.3 Å². The molecule has 0 aliphatic heterocycles. The molecule has 142 valence electrons. The average molecular weight is 366 g/mol. The average Bonchev–Trinajstić information content (AvgIpc) is 2.68. The summed E-state index contributed by atoms with van der Waals surface area (Å²) in [4.78, 5) is 38.5. The maximum absolute atomic E-state index is 11.6. The van der Waals surface area contributed by atoms with Crippen LogP contribution >= 0.6 is 0 Å². The van der Waals surface area contributed by atoms with Crippen LogP contribution < -0.4 is 14.8 Å². The molecule has 0 unspecified atom stereocenters. The highest BCUT2D eigenvalue weighted by molar-refractivity contribution is 6.37. The zero-order chi connectivity index (χ0) is 19.1. The fourth-order valence-corrected chi connectivity index (χ4v) is 2.77. The van der Waals surface area contributed by atoms with Crippen LogP contribution in [0.25, 0.3) is 0 Å². The zero-order valence-corrected chi connectivity index (χ0v) is 14.9. The lowest BCUT2D eigenvalue weighted by Gasteiger charge is -2.27. The Morgan fingerprint density at radius 1 is 1.08 bits per heavy atom. The largest absolute Gasteiger partial charge is 0.494 e. The van der Waals surface area contributed by atoms with E-state index in [1.807, 2.05) is 0 Å². The van der Waals surface area contributed by atoms with Crippen molar-refractivity contribution >= 4 is 23.5 Å². The van der Waals surface area contributed by atoms with Crippen molar-refractivity contribution in [2.24, 2.45) is 5.92 Å². The number of ether oxygens (including phenoxy) is 4. The van der Waals surface area contributed by atoms with Crippen LogP contribution in [0, 0.1) is 5.92 Å². The van der Waals surface area contributed by atoms with Crippen molar-refractivity contribution in [1.82, 2.24) is 4.98 Å². The van der Waals surface area contributed by atoms with E-state index in [2.05, 4.69) is 15.0 Å². The molecule has 9 nitrogen and oxygen atoms in total. The molecule has 0 saturated heterocycles. The van der Waals surface area contributed by atoms with Crippen molar-refractivity contribution < 1.29 is 33.3 Å². The lowest BCUT2D eigenvalue weighted by atomic mass is 9.87. The van der Waals surface area contributed by atoms with Gasteiger partial charge in [-0.25, -0.2) is 9.78 Å². The van der Waals surface area contributed by atoms with E-state index in [4.69, 9.17) is 14.2 Å². The molecule has 1 fully saturated rings. The standard InChI is InChI=1S/C17H22N2O7/c1-23-13-8-14(18-9-12(13)19-15(20)17(22)25-3)26-11-6-4-10(5-7-11)16(21)24-2/h8-11H,4-7H2,1-3H3,(H,19,20)/t10-,11-. The molecule has 26 heavy (non-hydrogen) atoms. The van der Waals surface area contributed by atoms with E-state index in [1.54, 1.807) is 0 Å². The van der Waals surface area contributed by atoms with Gasteiger partial charge in [0, 0.05) is 6.07 Å². The van der Waals surface area contributed by atoms with Crippen molar-refractivity contribution in [3.8, 4) is 11.6 Å². The van der Waals surface area contributed by atoms with Crippen LogP contribution in [0.3, 0.4) is 0 Å². The van der Waals surface area contributed by atoms with Crippen LogP contribution in [-0.4, -0.2) is 50.3 Å². The highest BCUT2D eigenvalue weighted by Crippen LogP contribution is 2.31. The number of rotatable bonds is 5. The van der Waals surface area contributed by atoms with Gasteiger partial charge in [-0.3, -0.25) is 9.59 Å². The van der Waals surface area contributed by atoms with E-state index < -0.39 is 11.9 Å². The summed E-state index contributed by atoms with van der Waals surface area (Å²) in [5, 5.41) is 2.36. The second kappa shape index (κ2) is 9.02. The molecule has 2 rings (SSSR count). The van der Waals surface area contributed by atoms with Gasteiger partial charge in [-0.15, -0.1) is 0 Å². The third kappa shape index (κ3) is 4.84. The van der Waals surface area contributed by atoms with E-state index in [-0.39, 0.29) is 23.7 Å². The van der Waals surface area contributed by atoms with E-state index in [0.29, 0.717) is 37.3 Å². The van der Waals surface area contributed by atoms with Gasteiger partial charge in [0.2, 0.25) is 5.88 Å². The minimum atomic E-state index is -1.02. The number of aromatic nitrogens is 1. The third-order valence-corrected chi connectivity index (χ3v) is 4.18. The Bertz CT molecular complexity index is 669. The third-order valence-electron chi connectivity index (χ3n) is 4.18. The van der Waals surface area contributed by atoms with E-state index in [1.165, 1.54) is 26.5 Å². The maximum atomic E-state index is 11.6. The molecule has 1 aliphatic carbocycles. The number of carbonyl (C=O) groups is 3. The monoisotopic (exact) mass is 366 g/mol. The van der Waals surface area contributed by atoms with Crippen molar-refractivity contribution in [2.75, 3.05) is 26.6 Å². The van der Waals surface area contributed by atoms with Crippen molar-refractivity contribution in [2.45, 2.75) is 31.8 Å². The Labute approximate surface area is 151 Å². The number of nitrogens with zero attached hydrogens (tertiary/aromatic N) is 1. The molecule has 0 atom stereocenters. The molecule has 1 aromatic rings. The lowest BCUT2D eigenvalue weighted by molar-refractivity contribution is -0.150. The number of amides is 1. The number of pyridine rings is 1. The predicted octanol–water partition coefficient (Wildman–Crippen LogP) is 1.31. The molecule has 9 heteroatoms. The molecular weight excluding hydrogens is 344 g/mol. The SMILES string of the molecule is COC(=O)C(=O)Nc1cnc(O[C@H]2CC[C@H](C(=O)OC)CC2)cc1OC. The minimum Gasteiger partial charge on any atom is -0.494 e. The van der Waals surface area contributed by atoms with Crippen molar-refractivity contribution in [1.29, 1.82) is 0 Å². The van der Waals surface area contributed by atoms with Crippen LogP contribution in [0.2, 0.25) is 0 Å². The fourth-order valence-electron chi connectivity index (χ4n) is 2.77. The summed E-state index contributed by atoms with van der Waals surface area (Å²) in [6.45, 7) is 0. The second-order valence-corrected chi connectivity index (χ2v) is 5.78. The molecule has 1 heterocycles. The summed E-state index contributed by atoms with van der Waals surface area (Å²) < 4.78 is 20.2. The van der Waals surface area contributed by atoms with Crippen molar-refractivity contribution in [3.63, 3.8) is 0 Å². The first kappa shape index (κ1) is 19.5. The highest BCUT2D eigenvalue weighted by Gasteiger charge is 2.28. The molecular formula is C17H22N2O7. The molecule has 1 saturated carbocycles. The van der Waals surface area contributed by atoms with Crippen molar-refractivity contribution in [3.05, 3.63) is 12.3 Å². The van der Waals surface area contributed by atoms with Gasteiger partial charge in [0.1, 0.15) is 17.5 Å². The van der Waals surface area contributed by atoms with Crippen LogP contribution in [0.4, 0.5) is 5.69 Å². The van der Waals surface area contributed by atoms with Gasteiger partial charge in [-0.05, 0) is 25.7 Å². The normalized spacial score (nSPS) is 19.2. The van der Waals surface area contributed by atoms with Gasteiger partial charge in [0.25, 0.3) is 0 Å². The Hall–Kier alpha value is -2.84. The summed E-state index contributed by atoms with van der Waals surface area (Å²) in [6, 6.07) is 1.53. The van der Waals surface area contributed by atoms with Gasteiger partial charge in [0.05, 0.1) is 33.4 Å². The molecule has 0 radical (unpaired) electrons. The highest BCUT2D eigenvalue weighted by atomic mass is 16.5. The molecule has 0 aromatic carbocycles. The first-order valence-corrected chi connectivity index (χ1v) is 8.16. The molecule has 1 aromatic heterocycles. The smallest absolute Gasteiger partial charge is 0.396 e. The number of hydrogen-bond acceptors (Lipinski definition) is 8. The predicted molar refractivity (Wildman–Crippen MR) is 89.8 cm³/mol. The van der Waals surface area contributed by atoms with Gasteiger partial charge in [-0.1, -0.05) is 0 Å². The Balaban J connectivity index is 1.98. The van der Waals surface area contributed by atoms with Gasteiger partial charge >= 0.3 is 17.8 Å². The Morgan fingerprint density at radius 2 is 1.77 bits per heavy atom. The summed E-state index contributed by atoms with van der Waals surface area (Å²) in [5.74, 6) is -1.58. The Morgan fingerprint density at radius 3 is 2.35 bits per heavy atom. The van der Waals surface area contributed by atoms with E-state index >= 15 is 0 Å². The van der Waals surface area contributed by atoms with Crippen LogP contribution in [-0.2, 0) is 23.9 Å². The molecule has 1 aliphatic rings. The molecule has 0 bridgehead atoms. The van der Waals surface area contributed by atoms with Gasteiger partial charge in [-0.2, -0.15) is 0 Å². The summed E-state index contributed by atoms with van der Waals surface area (Å²) >= 11 is 0. The van der Waals surface area contributed by atoms with Gasteiger partial charge < -0.3 is 24.3 Å². The van der Waals surface area contributed by atoms with Crippen LogP contribution in [0.1, 0.15) is 25.7 Å².